The van der Waals surface area contributed by atoms with Gasteiger partial charge in [0.15, 0.2) is 17.2 Å². The van der Waals surface area contributed by atoms with Crippen LogP contribution in [-0.2, 0) is 14.2 Å². The Hall–Kier alpha value is -2.94. The van der Waals surface area contributed by atoms with E-state index in [1.54, 1.807) is 4.52 Å². The van der Waals surface area contributed by atoms with Crippen molar-refractivity contribution in [2.24, 2.45) is 0 Å². The molecule has 180 valence electrons. The fourth-order valence-corrected chi connectivity index (χ4v) is 3.93. The number of aliphatic hydroxyl groups is 2. The molecule has 4 N–H and O–H groups in total. The number of nitrogens with two attached hydrogens (primary N) is 1. The highest BCUT2D eigenvalue weighted by molar-refractivity contribution is 5.65. The highest BCUT2D eigenvalue weighted by atomic mass is 16.7. The van der Waals surface area contributed by atoms with Crippen LogP contribution in [-0.4, -0.2) is 55.1 Å². The van der Waals surface area contributed by atoms with Crippen LogP contribution in [0.4, 0.5) is 10.6 Å². The standard InChI is InChI=1S/C19H23N5O4.C3H8O2/c20-10-19(11-26-18(25)27-13-4-2-1-3-5-13)9-8-16(28-19)14-6-7-15-17(21)22-12-23-24(14)15;1-3(2,4)5/h6-7,12-13,16H,1-5,8-9,11H2,(H2,21,22,23);4-5H,1-2H3. The van der Waals surface area contributed by atoms with Crippen molar-refractivity contribution in [3.63, 3.8) is 0 Å². The Labute approximate surface area is 192 Å². The smallest absolute Gasteiger partial charge is 0.431 e. The van der Waals surface area contributed by atoms with Crippen LogP contribution in [0.1, 0.15) is 70.6 Å². The molecular weight excluding hydrogens is 430 g/mol. The van der Waals surface area contributed by atoms with Gasteiger partial charge in [0, 0.05) is 0 Å². The van der Waals surface area contributed by atoms with Crippen molar-refractivity contribution in [3.05, 3.63) is 24.2 Å². The van der Waals surface area contributed by atoms with Gasteiger partial charge in [-0.1, -0.05) is 6.42 Å². The number of nitrogens with zero attached hydrogens (tertiary/aromatic N) is 4. The third-order valence-corrected chi connectivity index (χ3v) is 5.46. The summed E-state index contributed by atoms with van der Waals surface area (Å²) in [7, 11) is 0. The molecule has 0 aromatic carbocycles. The Morgan fingerprint density at radius 3 is 2.70 bits per heavy atom. The minimum atomic E-state index is -1.50. The van der Waals surface area contributed by atoms with Gasteiger partial charge >= 0.3 is 6.16 Å². The zero-order chi connectivity index (χ0) is 24.1. The Balaban J connectivity index is 0.000000555. The molecule has 1 saturated carbocycles. The molecule has 3 heterocycles. The monoisotopic (exact) mass is 461 g/mol. The van der Waals surface area contributed by atoms with Crippen molar-refractivity contribution in [2.45, 2.75) is 82.4 Å². The number of aromatic nitrogens is 3. The molecule has 2 aromatic heterocycles. The van der Waals surface area contributed by atoms with Crippen LogP contribution >= 0.6 is 0 Å². The second-order valence-electron chi connectivity index (χ2n) is 8.86. The Morgan fingerprint density at radius 2 is 2.03 bits per heavy atom. The highest BCUT2D eigenvalue weighted by Crippen LogP contribution is 2.40. The maximum Gasteiger partial charge on any atom is 0.508 e. The average molecular weight is 462 g/mol. The quantitative estimate of drug-likeness (QED) is 0.455. The van der Waals surface area contributed by atoms with Gasteiger partial charge in [-0.05, 0) is 64.5 Å². The first-order valence-corrected chi connectivity index (χ1v) is 11.1. The van der Waals surface area contributed by atoms with E-state index in [-0.39, 0.29) is 18.8 Å². The first kappa shape index (κ1) is 24.7. The van der Waals surface area contributed by atoms with E-state index in [2.05, 4.69) is 16.2 Å². The minimum absolute atomic E-state index is 0.0891. The maximum atomic E-state index is 12.0. The van der Waals surface area contributed by atoms with E-state index in [0.717, 1.165) is 31.4 Å². The molecule has 0 spiro atoms. The number of carbonyl (C=O) groups excluding carboxylic acids is 1. The van der Waals surface area contributed by atoms with E-state index in [1.807, 2.05) is 12.1 Å². The molecule has 11 nitrogen and oxygen atoms in total. The van der Waals surface area contributed by atoms with Gasteiger partial charge in [0.2, 0.25) is 0 Å². The third kappa shape index (κ3) is 6.77. The van der Waals surface area contributed by atoms with Crippen LogP contribution in [0.5, 0.6) is 0 Å². The van der Waals surface area contributed by atoms with Crippen molar-refractivity contribution in [3.8, 4) is 6.07 Å². The fourth-order valence-electron chi connectivity index (χ4n) is 3.93. The summed E-state index contributed by atoms with van der Waals surface area (Å²) in [6.07, 6.45) is 6.27. The van der Waals surface area contributed by atoms with Crippen LogP contribution in [0, 0.1) is 11.3 Å². The zero-order valence-electron chi connectivity index (χ0n) is 18.9. The number of hydrogen-bond acceptors (Lipinski definition) is 10. The molecule has 0 bridgehead atoms. The van der Waals surface area contributed by atoms with Crippen molar-refractivity contribution in [2.75, 3.05) is 12.3 Å². The lowest BCUT2D eigenvalue weighted by molar-refractivity contribution is -0.127. The molecule has 33 heavy (non-hydrogen) atoms. The normalized spacial score (nSPS) is 23.4. The van der Waals surface area contributed by atoms with Gasteiger partial charge < -0.3 is 30.2 Å². The lowest BCUT2D eigenvalue weighted by atomic mass is 9.98. The first-order valence-electron chi connectivity index (χ1n) is 11.1. The van der Waals surface area contributed by atoms with Gasteiger partial charge in [0.1, 0.15) is 36.7 Å². The molecule has 4 rings (SSSR count). The number of rotatable bonds is 4. The minimum Gasteiger partial charge on any atom is -0.431 e. The Kier molecular flexibility index (Phi) is 7.73. The van der Waals surface area contributed by atoms with Crippen molar-refractivity contribution in [1.82, 2.24) is 14.6 Å². The lowest BCUT2D eigenvalue weighted by Crippen LogP contribution is -2.34. The Morgan fingerprint density at radius 1 is 1.33 bits per heavy atom. The summed E-state index contributed by atoms with van der Waals surface area (Å²) in [6, 6.07) is 5.84. The molecule has 2 aliphatic rings. The summed E-state index contributed by atoms with van der Waals surface area (Å²) in [6.45, 7) is 2.44. The van der Waals surface area contributed by atoms with Gasteiger partial charge in [0.25, 0.3) is 0 Å². The van der Waals surface area contributed by atoms with E-state index < -0.39 is 17.5 Å². The van der Waals surface area contributed by atoms with E-state index in [9.17, 15) is 10.1 Å². The number of hydrogen-bond donors (Lipinski definition) is 3. The predicted molar refractivity (Wildman–Crippen MR) is 117 cm³/mol. The number of anilines is 1. The molecular formula is C22H31N5O6. The molecule has 0 amide bonds. The SMILES string of the molecule is CC(C)(O)O.N#CC1(COC(=O)OC2CCCCC2)CCC(c2ccc3c(N)ncnn23)O1. The summed E-state index contributed by atoms with van der Waals surface area (Å²) in [4.78, 5) is 16.0. The summed E-state index contributed by atoms with van der Waals surface area (Å²) < 4.78 is 18.3. The summed E-state index contributed by atoms with van der Waals surface area (Å²) >= 11 is 0. The van der Waals surface area contributed by atoms with Crippen molar-refractivity contribution < 1.29 is 29.2 Å². The van der Waals surface area contributed by atoms with Gasteiger partial charge in [-0.15, -0.1) is 0 Å². The van der Waals surface area contributed by atoms with Crippen LogP contribution in [0.3, 0.4) is 0 Å². The van der Waals surface area contributed by atoms with E-state index in [1.165, 1.54) is 26.6 Å². The van der Waals surface area contributed by atoms with E-state index in [0.29, 0.717) is 24.2 Å². The molecule has 1 aliphatic heterocycles. The molecule has 2 fully saturated rings. The van der Waals surface area contributed by atoms with Gasteiger partial charge in [-0.2, -0.15) is 10.4 Å². The summed E-state index contributed by atoms with van der Waals surface area (Å²) in [5, 5.41) is 30.0. The van der Waals surface area contributed by atoms with Gasteiger partial charge in [-0.3, -0.25) is 0 Å². The predicted octanol–water partition coefficient (Wildman–Crippen LogP) is 2.62. The molecule has 1 aliphatic carbocycles. The van der Waals surface area contributed by atoms with Gasteiger partial charge in [-0.25, -0.2) is 14.3 Å². The third-order valence-electron chi connectivity index (χ3n) is 5.46. The lowest BCUT2D eigenvalue weighted by Gasteiger charge is -2.24. The van der Waals surface area contributed by atoms with Crippen LogP contribution in [0.2, 0.25) is 0 Å². The average Bonchev–Trinajstić information content (AvgIpc) is 3.37. The number of carbonyl (C=O) groups is 1. The van der Waals surface area contributed by atoms with Crippen LogP contribution in [0.25, 0.3) is 5.52 Å². The summed E-state index contributed by atoms with van der Waals surface area (Å²) in [5.74, 6) is -1.13. The van der Waals surface area contributed by atoms with Crippen molar-refractivity contribution >= 4 is 17.5 Å². The second kappa shape index (κ2) is 10.3. The van der Waals surface area contributed by atoms with Crippen LogP contribution < -0.4 is 5.73 Å². The maximum absolute atomic E-state index is 12.0. The topological polar surface area (TPSA) is 165 Å². The highest BCUT2D eigenvalue weighted by Gasteiger charge is 2.43. The number of ether oxygens (including phenoxy) is 3. The molecule has 2 unspecified atom stereocenters. The first-order chi connectivity index (χ1) is 15.6. The number of nitriles is 1. The summed E-state index contributed by atoms with van der Waals surface area (Å²) in [5.41, 5.74) is 6.14. The Bertz CT molecular complexity index is 985. The zero-order valence-corrected chi connectivity index (χ0v) is 18.9. The van der Waals surface area contributed by atoms with Gasteiger partial charge in [0.05, 0.1) is 5.69 Å². The van der Waals surface area contributed by atoms with Crippen LogP contribution in [0.15, 0.2) is 18.5 Å². The van der Waals surface area contributed by atoms with E-state index >= 15 is 0 Å². The molecule has 2 aromatic rings. The molecule has 0 radical (unpaired) electrons. The largest absolute Gasteiger partial charge is 0.508 e. The number of nitrogen functional groups attached to an aromatic ring is 1. The molecule has 11 heteroatoms. The van der Waals surface area contributed by atoms with E-state index in [4.69, 9.17) is 30.2 Å². The number of fused-ring (bicyclic) bond motifs is 1. The fraction of sp³-hybridized carbons (Fsp3) is 0.636. The molecule has 2 atom stereocenters. The molecule has 1 saturated heterocycles. The second-order valence-corrected chi connectivity index (χ2v) is 8.86. The van der Waals surface area contributed by atoms with Crippen molar-refractivity contribution in [1.29, 1.82) is 5.26 Å².